The Bertz CT molecular complexity index is 780. The summed E-state index contributed by atoms with van der Waals surface area (Å²) in [5.74, 6) is -0.866. The second kappa shape index (κ2) is 9.52. The van der Waals surface area contributed by atoms with Crippen molar-refractivity contribution in [1.82, 2.24) is 15.8 Å². The van der Waals surface area contributed by atoms with Crippen molar-refractivity contribution >= 4 is 23.6 Å². The summed E-state index contributed by atoms with van der Waals surface area (Å²) in [5, 5.41) is 0. The van der Waals surface area contributed by atoms with Gasteiger partial charge >= 0.3 is 0 Å². The lowest BCUT2D eigenvalue weighted by atomic mass is 10.1. The first-order valence-electron chi connectivity index (χ1n) is 9.27. The third-order valence-corrected chi connectivity index (χ3v) is 4.49. The van der Waals surface area contributed by atoms with Crippen LogP contribution in [0.5, 0.6) is 0 Å². The molecule has 0 aliphatic carbocycles. The highest BCUT2D eigenvalue weighted by atomic mass is 16.2. The van der Waals surface area contributed by atoms with Crippen molar-refractivity contribution in [3.05, 3.63) is 66.0 Å². The summed E-state index contributed by atoms with van der Waals surface area (Å²) in [7, 11) is 0. The number of carbonyl (C=O) groups is 2. The molecule has 6 heteroatoms. The highest BCUT2D eigenvalue weighted by Gasteiger charge is 2.09. The highest BCUT2D eigenvalue weighted by molar-refractivity contribution is 5.96. The monoisotopic (exact) mass is 364 g/mol. The molecular formula is C21H24N4O2. The molecule has 27 heavy (non-hydrogen) atoms. The lowest BCUT2D eigenvalue weighted by molar-refractivity contribution is -0.117. The Morgan fingerprint density at radius 2 is 1.67 bits per heavy atom. The number of anilines is 1. The van der Waals surface area contributed by atoms with E-state index in [1.54, 1.807) is 24.3 Å². The Hall–Kier alpha value is -3.15. The molecule has 0 radical (unpaired) electrons. The van der Waals surface area contributed by atoms with Crippen LogP contribution in [-0.2, 0) is 4.79 Å². The minimum atomic E-state index is -0.459. The lowest BCUT2D eigenvalue weighted by Crippen LogP contribution is -2.41. The molecule has 2 heterocycles. The van der Waals surface area contributed by atoms with E-state index < -0.39 is 11.8 Å². The first-order valence-corrected chi connectivity index (χ1v) is 9.27. The number of carbonyl (C=O) groups excluding carboxylic acids is 2. The molecule has 1 aliphatic rings. The van der Waals surface area contributed by atoms with Crippen molar-refractivity contribution in [1.29, 1.82) is 0 Å². The predicted molar refractivity (Wildman–Crippen MR) is 106 cm³/mol. The fourth-order valence-electron chi connectivity index (χ4n) is 3.02. The number of rotatable bonds is 4. The van der Waals surface area contributed by atoms with Gasteiger partial charge in [-0.2, -0.15) is 0 Å². The Kier molecular flexibility index (Phi) is 6.57. The van der Waals surface area contributed by atoms with E-state index in [0.717, 1.165) is 18.7 Å². The molecule has 1 aromatic carbocycles. The van der Waals surface area contributed by atoms with Crippen molar-refractivity contribution in [2.45, 2.75) is 25.7 Å². The van der Waals surface area contributed by atoms with Crippen molar-refractivity contribution in [2.24, 2.45) is 0 Å². The first kappa shape index (κ1) is 18.6. The van der Waals surface area contributed by atoms with Gasteiger partial charge in [0.05, 0.1) is 0 Å². The third kappa shape index (κ3) is 5.67. The molecule has 6 nitrogen and oxygen atoms in total. The number of hydrogen-bond donors (Lipinski definition) is 2. The van der Waals surface area contributed by atoms with Crippen molar-refractivity contribution < 1.29 is 9.59 Å². The topological polar surface area (TPSA) is 74.3 Å². The van der Waals surface area contributed by atoms with Gasteiger partial charge < -0.3 is 4.90 Å². The van der Waals surface area contributed by atoms with Crippen molar-refractivity contribution in [3.8, 4) is 0 Å². The number of nitrogens with one attached hydrogen (secondary N) is 2. The van der Waals surface area contributed by atoms with Crippen LogP contribution in [0.1, 0.15) is 41.7 Å². The summed E-state index contributed by atoms with van der Waals surface area (Å²) >= 11 is 0. The Morgan fingerprint density at radius 1 is 0.926 bits per heavy atom. The van der Waals surface area contributed by atoms with E-state index >= 15 is 0 Å². The fraction of sp³-hybridized carbons (Fsp3) is 0.286. The second-order valence-electron chi connectivity index (χ2n) is 6.48. The molecule has 2 aromatic rings. The summed E-state index contributed by atoms with van der Waals surface area (Å²) in [5.41, 5.74) is 7.08. The van der Waals surface area contributed by atoms with Gasteiger partial charge in [0, 0.05) is 31.0 Å². The lowest BCUT2D eigenvalue weighted by Gasteiger charge is -2.22. The van der Waals surface area contributed by atoms with Crippen LogP contribution < -0.4 is 15.8 Å². The molecule has 2 N–H and O–H groups in total. The van der Waals surface area contributed by atoms with Crippen LogP contribution in [0.4, 0.5) is 5.69 Å². The SMILES string of the molecule is O=C(/C=C/c1ccc(N2CCCCCC2)cc1)NNC(=O)c1ccccn1. The zero-order valence-corrected chi connectivity index (χ0v) is 15.2. The van der Waals surface area contributed by atoms with Crippen LogP contribution in [0.3, 0.4) is 0 Å². The average Bonchev–Trinajstić information content (AvgIpc) is 3.01. The van der Waals surface area contributed by atoms with Gasteiger partial charge in [0.1, 0.15) is 5.69 Å². The number of nitrogens with zero attached hydrogens (tertiary/aromatic N) is 2. The summed E-state index contributed by atoms with van der Waals surface area (Å²) < 4.78 is 0. The minimum absolute atomic E-state index is 0.242. The maximum Gasteiger partial charge on any atom is 0.288 e. The van der Waals surface area contributed by atoms with Crippen LogP contribution in [-0.4, -0.2) is 29.9 Å². The second-order valence-corrected chi connectivity index (χ2v) is 6.48. The van der Waals surface area contributed by atoms with E-state index in [1.165, 1.54) is 43.6 Å². The number of pyridine rings is 1. The Balaban J connectivity index is 1.49. The third-order valence-electron chi connectivity index (χ3n) is 4.49. The largest absolute Gasteiger partial charge is 0.372 e. The van der Waals surface area contributed by atoms with Crippen LogP contribution >= 0.6 is 0 Å². The van der Waals surface area contributed by atoms with Crippen molar-refractivity contribution in [3.63, 3.8) is 0 Å². The maximum absolute atomic E-state index is 11.9. The zero-order valence-electron chi connectivity index (χ0n) is 15.2. The maximum atomic E-state index is 11.9. The summed E-state index contributed by atoms with van der Waals surface area (Å²) in [6.07, 6.45) is 9.73. The van der Waals surface area contributed by atoms with Gasteiger partial charge in [-0.3, -0.25) is 25.4 Å². The molecule has 3 rings (SSSR count). The molecule has 1 aliphatic heterocycles. The number of amides is 2. The molecule has 0 saturated carbocycles. The van der Waals surface area contributed by atoms with Gasteiger partial charge in [-0.1, -0.05) is 31.0 Å². The van der Waals surface area contributed by atoms with Gasteiger partial charge in [-0.25, -0.2) is 0 Å². The number of hydrogen-bond acceptors (Lipinski definition) is 4. The van der Waals surface area contributed by atoms with Crippen LogP contribution in [0.25, 0.3) is 6.08 Å². The quantitative estimate of drug-likeness (QED) is 0.646. The zero-order chi connectivity index (χ0) is 18.9. The fourth-order valence-corrected chi connectivity index (χ4v) is 3.02. The van der Waals surface area contributed by atoms with Crippen LogP contribution in [0.2, 0.25) is 0 Å². The molecule has 1 aromatic heterocycles. The van der Waals surface area contributed by atoms with E-state index in [-0.39, 0.29) is 5.69 Å². The van der Waals surface area contributed by atoms with Crippen LogP contribution in [0.15, 0.2) is 54.7 Å². The Labute approximate surface area is 159 Å². The molecule has 0 spiro atoms. The normalized spacial score (nSPS) is 14.6. The van der Waals surface area contributed by atoms with Gasteiger partial charge in [-0.05, 0) is 48.7 Å². The smallest absolute Gasteiger partial charge is 0.288 e. The molecule has 1 fully saturated rings. The highest BCUT2D eigenvalue weighted by Crippen LogP contribution is 2.20. The molecule has 0 bridgehead atoms. The van der Waals surface area contributed by atoms with Gasteiger partial charge in [-0.15, -0.1) is 0 Å². The molecule has 0 unspecified atom stereocenters. The van der Waals surface area contributed by atoms with E-state index in [9.17, 15) is 9.59 Å². The van der Waals surface area contributed by atoms with E-state index in [1.807, 2.05) is 12.1 Å². The molecule has 1 saturated heterocycles. The predicted octanol–water partition coefficient (Wildman–Crippen LogP) is 2.94. The van der Waals surface area contributed by atoms with Gasteiger partial charge in [0.15, 0.2) is 0 Å². The first-order chi connectivity index (χ1) is 13.2. The minimum Gasteiger partial charge on any atom is -0.372 e. The summed E-state index contributed by atoms with van der Waals surface area (Å²) in [6, 6.07) is 13.2. The number of aromatic nitrogens is 1. The van der Waals surface area contributed by atoms with E-state index in [0.29, 0.717) is 0 Å². The molecule has 140 valence electrons. The van der Waals surface area contributed by atoms with Gasteiger partial charge in [0.2, 0.25) is 0 Å². The standard InChI is InChI=1S/C21H24N4O2/c26-20(23-24-21(27)19-7-3-4-14-22-19)13-10-17-8-11-18(12-9-17)25-15-5-1-2-6-16-25/h3-4,7-14H,1-2,5-6,15-16H2,(H,23,26)(H,24,27)/b13-10+. The number of hydrazine groups is 1. The Morgan fingerprint density at radius 3 is 2.33 bits per heavy atom. The van der Waals surface area contributed by atoms with E-state index in [4.69, 9.17) is 0 Å². The molecule has 0 atom stereocenters. The average molecular weight is 364 g/mol. The summed E-state index contributed by atoms with van der Waals surface area (Å²) in [4.78, 5) is 30.0. The van der Waals surface area contributed by atoms with Crippen LogP contribution in [0, 0.1) is 0 Å². The molecule has 2 amide bonds. The van der Waals surface area contributed by atoms with Gasteiger partial charge in [0.25, 0.3) is 11.8 Å². The van der Waals surface area contributed by atoms with Crippen molar-refractivity contribution in [2.75, 3.05) is 18.0 Å². The summed E-state index contributed by atoms with van der Waals surface area (Å²) in [6.45, 7) is 2.21. The van der Waals surface area contributed by atoms with E-state index in [2.05, 4.69) is 32.9 Å². The molecular weight excluding hydrogens is 340 g/mol. The number of benzene rings is 1.